The van der Waals surface area contributed by atoms with Crippen molar-refractivity contribution in [2.45, 2.75) is 6.29 Å². The maximum atomic E-state index is 10.4. The van der Waals surface area contributed by atoms with Gasteiger partial charge in [0, 0.05) is 13.2 Å². The molecule has 1 aliphatic rings. The Kier molecular flexibility index (Phi) is 2.73. The fourth-order valence-electron chi connectivity index (χ4n) is 1.22. The summed E-state index contributed by atoms with van der Waals surface area (Å²) < 4.78 is 20.3. The summed E-state index contributed by atoms with van der Waals surface area (Å²) in [6.45, 7) is 0.163. The lowest BCUT2D eigenvalue weighted by molar-refractivity contribution is -0.121. The van der Waals surface area contributed by atoms with Gasteiger partial charge in [0.25, 0.3) is 6.29 Å². The molecule has 0 fully saturated rings. The van der Waals surface area contributed by atoms with Crippen molar-refractivity contribution in [3.63, 3.8) is 0 Å². The fourth-order valence-corrected chi connectivity index (χ4v) is 1.22. The van der Waals surface area contributed by atoms with Crippen LogP contribution in [0.1, 0.15) is 0 Å². The molecule has 1 aromatic rings. The van der Waals surface area contributed by atoms with Crippen LogP contribution in [0.2, 0.25) is 0 Å². The van der Waals surface area contributed by atoms with Gasteiger partial charge < -0.3 is 18.9 Å². The summed E-state index contributed by atoms with van der Waals surface area (Å²) in [6, 6.07) is 5.05. The maximum Gasteiger partial charge on any atom is 0.297 e. The first-order valence-corrected chi connectivity index (χ1v) is 4.38. The summed E-state index contributed by atoms with van der Waals surface area (Å²) in [6.07, 6.45) is -0.256. The number of methoxy groups -OCH3 is 1. The van der Waals surface area contributed by atoms with Gasteiger partial charge in [-0.1, -0.05) is 0 Å². The zero-order chi connectivity index (χ0) is 10.7. The Hall–Kier alpha value is -1.75. The molecule has 15 heavy (non-hydrogen) atoms. The minimum atomic E-state index is -0.849. The molecule has 0 N–H and O–H groups in total. The SMILES string of the molecule is COCOc1ccc2c(c1)OC(C=O)O2. The molecule has 0 saturated carbocycles. The molecule has 0 radical (unpaired) electrons. The third-order valence-corrected chi connectivity index (χ3v) is 1.86. The zero-order valence-corrected chi connectivity index (χ0v) is 8.14. The molecule has 0 bridgehead atoms. The van der Waals surface area contributed by atoms with Crippen molar-refractivity contribution >= 4 is 6.29 Å². The lowest BCUT2D eigenvalue weighted by Gasteiger charge is -2.04. The van der Waals surface area contributed by atoms with Gasteiger partial charge in [-0.3, -0.25) is 4.79 Å². The smallest absolute Gasteiger partial charge is 0.297 e. The number of benzene rings is 1. The predicted octanol–water partition coefficient (Wildman–Crippen LogP) is 0.965. The highest BCUT2D eigenvalue weighted by atomic mass is 16.7. The Balaban J connectivity index is 2.11. The van der Waals surface area contributed by atoms with Gasteiger partial charge in [-0.25, -0.2) is 0 Å². The summed E-state index contributed by atoms with van der Waals surface area (Å²) >= 11 is 0. The first-order valence-electron chi connectivity index (χ1n) is 4.38. The van der Waals surface area contributed by atoms with Gasteiger partial charge in [0.15, 0.2) is 18.3 Å². The highest BCUT2D eigenvalue weighted by Gasteiger charge is 2.23. The molecule has 80 valence electrons. The van der Waals surface area contributed by atoms with E-state index >= 15 is 0 Å². The van der Waals surface area contributed by atoms with Gasteiger partial charge >= 0.3 is 0 Å². The minimum absolute atomic E-state index is 0.163. The first kappa shape index (κ1) is 9.79. The van der Waals surface area contributed by atoms with E-state index in [2.05, 4.69) is 0 Å². The van der Waals surface area contributed by atoms with E-state index in [4.69, 9.17) is 18.9 Å². The van der Waals surface area contributed by atoms with Gasteiger partial charge in [-0.2, -0.15) is 0 Å². The van der Waals surface area contributed by atoms with Crippen molar-refractivity contribution in [3.8, 4) is 17.2 Å². The van der Waals surface area contributed by atoms with E-state index < -0.39 is 6.29 Å². The van der Waals surface area contributed by atoms with E-state index in [1.54, 1.807) is 18.2 Å². The Morgan fingerprint density at radius 3 is 2.93 bits per heavy atom. The standard InChI is InChI=1S/C10H10O5/c1-12-6-13-7-2-3-8-9(4-7)15-10(5-11)14-8/h2-5,10H,6H2,1H3. The van der Waals surface area contributed by atoms with Crippen LogP contribution in [0.3, 0.4) is 0 Å². The molecule has 5 heteroatoms. The minimum Gasteiger partial charge on any atom is -0.467 e. The highest BCUT2D eigenvalue weighted by Crippen LogP contribution is 2.37. The van der Waals surface area contributed by atoms with Crippen molar-refractivity contribution in [1.82, 2.24) is 0 Å². The molecule has 1 heterocycles. The zero-order valence-electron chi connectivity index (χ0n) is 8.14. The number of rotatable bonds is 4. The summed E-state index contributed by atoms with van der Waals surface area (Å²) in [5.41, 5.74) is 0. The van der Waals surface area contributed by atoms with E-state index in [0.717, 1.165) is 0 Å². The molecular weight excluding hydrogens is 200 g/mol. The number of hydrogen-bond acceptors (Lipinski definition) is 5. The number of aldehydes is 1. The number of fused-ring (bicyclic) bond motifs is 1. The number of carbonyl (C=O) groups is 1. The largest absolute Gasteiger partial charge is 0.467 e. The van der Waals surface area contributed by atoms with Crippen molar-refractivity contribution in [2.24, 2.45) is 0 Å². The second-order valence-corrected chi connectivity index (χ2v) is 2.90. The van der Waals surface area contributed by atoms with E-state index in [9.17, 15) is 4.79 Å². The van der Waals surface area contributed by atoms with Crippen LogP contribution in [0.25, 0.3) is 0 Å². The first-order chi connectivity index (χ1) is 7.33. The molecule has 0 saturated heterocycles. The van der Waals surface area contributed by atoms with Gasteiger partial charge in [0.2, 0.25) is 6.29 Å². The predicted molar refractivity (Wildman–Crippen MR) is 50.1 cm³/mol. The molecule has 0 spiro atoms. The molecule has 0 aromatic heterocycles. The van der Waals surface area contributed by atoms with Gasteiger partial charge in [0.05, 0.1) is 0 Å². The maximum absolute atomic E-state index is 10.4. The normalized spacial score (nSPS) is 17.5. The van der Waals surface area contributed by atoms with Crippen molar-refractivity contribution in [2.75, 3.05) is 13.9 Å². The number of carbonyl (C=O) groups excluding carboxylic acids is 1. The molecule has 0 amide bonds. The van der Waals surface area contributed by atoms with Crippen LogP contribution >= 0.6 is 0 Å². The second kappa shape index (κ2) is 4.18. The Morgan fingerprint density at radius 1 is 1.40 bits per heavy atom. The van der Waals surface area contributed by atoms with Crippen LogP contribution in [0.4, 0.5) is 0 Å². The average Bonchev–Trinajstić information content (AvgIpc) is 2.68. The van der Waals surface area contributed by atoms with Crippen LogP contribution in [0.5, 0.6) is 17.2 Å². The van der Waals surface area contributed by atoms with Gasteiger partial charge in [-0.15, -0.1) is 0 Å². The highest BCUT2D eigenvalue weighted by molar-refractivity contribution is 5.60. The van der Waals surface area contributed by atoms with E-state index in [0.29, 0.717) is 23.5 Å². The third kappa shape index (κ3) is 2.02. The van der Waals surface area contributed by atoms with E-state index in [1.807, 2.05) is 0 Å². The van der Waals surface area contributed by atoms with Gasteiger partial charge in [0.1, 0.15) is 5.75 Å². The van der Waals surface area contributed by atoms with Crippen LogP contribution in [-0.2, 0) is 9.53 Å². The molecular formula is C10H10O5. The quantitative estimate of drug-likeness (QED) is 0.547. The number of hydrogen-bond donors (Lipinski definition) is 0. The Morgan fingerprint density at radius 2 is 2.20 bits per heavy atom. The number of ether oxygens (including phenoxy) is 4. The Labute approximate surface area is 86.5 Å². The molecule has 2 rings (SSSR count). The van der Waals surface area contributed by atoms with Crippen molar-refractivity contribution in [3.05, 3.63) is 18.2 Å². The fraction of sp³-hybridized carbons (Fsp3) is 0.300. The summed E-state index contributed by atoms with van der Waals surface area (Å²) in [5.74, 6) is 1.64. The van der Waals surface area contributed by atoms with Crippen molar-refractivity contribution < 1.29 is 23.7 Å². The van der Waals surface area contributed by atoms with Crippen molar-refractivity contribution in [1.29, 1.82) is 0 Å². The molecule has 1 atom stereocenters. The molecule has 1 unspecified atom stereocenters. The summed E-state index contributed by atoms with van der Waals surface area (Å²) in [7, 11) is 1.54. The van der Waals surface area contributed by atoms with Crippen LogP contribution in [0.15, 0.2) is 18.2 Å². The molecule has 1 aliphatic heterocycles. The van der Waals surface area contributed by atoms with Crippen LogP contribution in [0, 0.1) is 0 Å². The van der Waals surface area contributed by atoms with E-state index in [-0.39, 0.29) is 6.79 Å². The Bertz CT molecular complexity index is 363. The molecule has 0 aliphatic carbocycles. The second-order valence-electron chi connectivity index (χ2n) is 2.90. The monoisotopic (exact) mass is 210 g/mol. The van der Waals surface area contributed by atoms with Crippen LogP contribution < -0.4 is 14.2 Å². The molecule has 5 nitrogen and oxygen atoms in total. The molecule has 1 aromatic carbocycles. The average molecular weight is 210 g/mol. The van der Waals surface area contributed by atoms with Crippen LogP contribution in [-0.4, -0.2) is 26.5 Å². The third-order valence-electron chi connectivity index (χ3n) is 1.86. The lowest BCUT2D eigenvalue weighted by atomic mass is 10.3. The summed E-state index contributed by atoms with van der Waals surface area (Å²) in [5, 5.41) is 0. The lowest BCUT2D eigenvalue weighted by Crippen LogP contribution is -2.18. The van der Waals surface area contributed by atoms with E-state index in [1.165, 1.54) is 7.11 Å². The topological polar surface area (TPSA) is 54.0 Å². The summed E-state index contributed by atoms with van der Waals surface area (Å²) in [4.78, 5) is 10.4. The van der Waals surface area contributed by atoms with Gasteiger partial charge in [-0.05, 0) is 12.1 Å².